The van der Waals surface area contributed by atoms with Crippen LogP contribution in [0, 0.1) is 20.8 Å². The van der Waals surface area contributed by atoms with E-state index in [2.05, 4.69) is 25.5 Å². The van der Waals surface area contributed by atoms with Crippen molar-refractivity contribution >= 4 is 27.5 Å². The number of rotatable bonds is 7. The Bertz CT molecular complexity index is 985. The number of amides is 1. The van der Waals surface area contributed by atoms with E-state index >= 15 is 0 Å². The molecule has 0 aromatic carbocycles. The first-order valence-electron chi connectivity index (χ1n) is 8.70. The molecule has 0 saturated carbocycles. The Kier molecular flexibility index (Phi) is 5.51. The summed E-state index contributed by atoms with van der Waals surface area (Å²) < 4.78 is 0. The summed E-state index contributed by atoms with van der Waals surface area (Å²) in [6.07, 6.45) is 4.30. The van der Waals surface area contributed by atoms with Crippen LogP contribution < -0.4 is 10.9 Å². The zero-order chi connectivity index (χ0) is 18.7. The highest BCUT2D eigenvalue weighted by atomic mass is 32.1. The average Bonchev–Trinajstić information content (AvgIpc) is 3.13. The summed E-state index contributed by atoms with van der Waals surface area (Å²) >= 11 is 1.52. The van der Waals surface area contributed by atoms with Crippen LogP contribution in [0.25, 0.3) is 10.2 Å². The highest BCUT2D eigenvalue weighted by Crippen LogP contribution is 2.25. The Morgan fingerprint density at radius 3 is 2.81 bits per heavy atom. The Balaban J connectivity index is 1.49. The van der Waals surface area contributed by atoms with Gasteiger partial charge in [-0.05, 0) is 44.7 Å². The van der Waals surface area contributed by atoms with Gasteiger partial charge in [0, 0.05) is 30.0 Å². The number of thiophene rings is 1. The summed E-state index contributed by atoms with van der Waals surface area (Å²) in [5, 5.41) is 10.5. The van der Waals surface area contributed by atoms with Gasteiger partial charge in [0.1, 0.15) is 10.7 Å². The lowest BCUT2D eigenvalue weighted by Crippen LogP contribution is -2.25. The van der Waals surface area contributed by atoms with Crippen LogP contribution in [0.1, 0.15) is 40.4 Å². The number of H-pyrrole nitrogens is 2. The second kappa shape index (κ2) is 7.82. The number of carbonyl (C=O) groups excluding carboxylic acids is 1. The molecule has 0 radical (unpaired) electrons. The molecule has 1 amide bonds. The molecule has 0 atom stereocenters. The molecule has 0 saturated heterocycles. The fraction of sp³-hybridized carbons (Fsp3) is 0.444. The van der Waals surface area contributed by atoms with E-state index in [1.807, 2.05) is 27.0 Å². The third-order valence-electron chi connectivity index (χ3n) is 4.56. The molecule has 138 valence electrons. The summed E-state index contributed by atoms with van der Waals surface area (Å²) in [5.74, 6) is 0.531. The van der Waals surface area contributed by atoms with E-state index in [0.29, 0.717) is 30.6 Å². The maximum atomic E-state index is 12.2. The highest BCUT2D eigenvalue weighted by Gasteiger charge is 2.12. The highest BCUT2D eigenvalue weighted by molar-refractivity contribution is 7.18. The normalized spacial score (nSPS) is 11.2. The summed E-state index contributed by atoms with van der Waals surface area (Å²) in [6, 6.07) is 0. The second-order valence-corrected chi connectivity index (χ2v) is 7.65. The van der Waals surface area contributed by atoms with Gasteiger partial charge in [-0.3, -0.25) is 14.7 Å². The molecule has 0 unspecified atom stereocenters. The number of hydrogen-bond donors (Lipinski definition) is 3. The topological polar surface area (TPSA) is 104 Å². The molecule has 8 heteroatoms. The van der Waals surface area contributed by atoms with Gasteiger partial charge in [-0.25, -0.2) is 4.98 Å². The zero-order valence-corrected chi connectivity index (χ0v) is 16.0. The van der Waals surface area contributed by atoms with Crippen molar-refractivity contribution in [1.82, 2.24) is 25.5 Å². The Labute approximate surface area is 155 Å². The van der Waals surface area contributed by atoms with Gasteiger partial charge in [0.15, 0.2) is 0 Å². The van der Waals surface area contributed by atoms with Gasteiger partial charge >= 0.3 is 0 Å². The lowest BCUT2D eigenvalue weighted by atomic mass is 10.1. The summed E-state index contributed by atoms with van der Waals surface area (Å²) in [5.41, 5.74) is 3.11. The molecule has 0 bridgehead atoms. The smallest absolute Gasteiger partial charge is 0.259 e. The van der Waals surface area contributed by atoms with Crippen molar-refractivity contribution in [3.8, 4) is 0 Å². The standard InChI is InChI=1S/C18H23N5O2S/c1-10-12(3)26-18-16(10)17(25)21-14(22-18)6-7-15(24)19-8-4-5-13-9-20-23-11(13)2/h9H,4-8H2,1-3H3,(H,19,24)(H,20,23)(H,21,22,25). The first kappa shape index (κ1) is 18.3. The van der Waals surface area contributed by atoms with Gasteiger partial charge in [-0.1, -0.05) is 0 Å². The minimum atomic E-state index is -0.122. The minimum absolute atomic E-state index is 0.0322. The third kappa shape index (κ3) is 4.01. The Morgan fingerprint density at radius 2 is 2.08 bits per heavy atom. The summed E-state index contributed by atoms with van der Waals surface area (Å²) in [6.45, 7) is 6.53. The number of fused-ring (bicyclic) bond motifs is 1. The zero-order valence-electron chi connectivity index (χ0n) is 15.2. The predicted molar refractivity (Wildman–Crippen MR) is 103 cm³/mol. The van der Waals surface area contributed by atoms with Crippen molar-refractivity contribution in [2.75, 3.05) is 6.54 Å². The molecule has 0 spiro atoms. The van der Waals surface area contributed by atoms with Gasteiger partial charge in [0.05, 0.1) is 11.6 Å². The largest absolute Gasteiger partial charge is 0.356 e. The van der Waals surface area contributed by atoms with E-state index in [4.69, 9.17) is 0 Å². The minimum Gasteiger partial charge on any atom is -0.356 e. The Morgan fingerprint density at radius 1 is 1.27 bits per heavy atom. The molecule has 3 rings (SSSR count). The Hall–Kier alpha value is -2.48. The maximum absolute atomic E-state index is 12.2. The second-order valence-electron chi connectivity index (χ2n) is 6.45. The van der Waals surface area contributed by atoms with E-state index in [0.717, 1.165) is 33.8 Å². The molecule has 0 fully saturated rings. The van der Waals surface area contributed by atoms with Crippen LogP contribution in [0.15, 0.2) is 11.0 Å². The van der Waals surface area contributed by atoms with Crippen LogP contribution in [0.2, 0.25) is 0 Å². The van der Waals surface area contributed by atoms with Gasteiger partial charge in [-0.15, -0.1) is 11.3 Å². The number of aryl methyl sites for hydroxylation is 5. The average molecular weight is 373 g/mol. The van der Waals surface area contributed by atoms with Crippen LogP contribution in [0.5, 0.6) is 0 Å². The van der Waals surface area contributed by atoms with Crippen LogP contribution in [-0.4, -0.2) is 32.6 Å². The van der Waals surface area contributed by atoms with Crippen LogP contribution >= 0.6 is 11.3 Å². The first-order valence-corrected chi connectivity index (χ1v) is 9.51. The molecule has 3 aromatic rings. The lowest BCUT2D eigenvalue weighted by Gasteiger charge is -2.05. The summed E-state index contributed by atoms with van der Waals surface area (Å²) in [4.78, 5) is 33.4. The quantitative estimate of drug-likeness (QED) is 0.553. The van der Waals surface area contributed by atoms with Crippen molar-refractivity contribution in [2.24, 2.45) is 0 Å². The number of carbonyl (C=O) groups is 1. The number of aromatic amines is 2. The molecule has 7 nitrogen and oxygen atoms in total. The lowest BCUT2D eigenvalue weighted by molar-refractivity contribution is -0.121. The van der Waals surface area contributed by atoms with Gasteiger partial charge in [-0.2, -0.15) is 5.10 Å². The first-order chi connectivity index (χ1) is 12.5. The van der Waals surface area contributed by atoms with Crippen LogP contribution in [0.4, 0.5) is 0 Å². The van der Waals surface area contributed by atoms with Crippen molar-refractivity contribution in [3.63, 3.8) is 0 Å². The van der Waals surface area contributed by atoms with Crippen LogP contribution in [0.3, 0.4) is 0 Å². The molecule has 3 aromatic heterocycles. The van der Waals surface area contributed by atoms with Crippen molar-refractivity contribution < 1.29 is 4.79 Å². The summed E-state index contributed by atoms with van der Waals surface area (Å²) in [7, 11) is 0. The molecule has 3 N–H and O–H groups in total. The van der Waals surface area contributed by atoms with E-state index < -0.39 is 0 Å². The maximum Gasteiger partial charge on any atom is 0.259 e. The van der Waals surface area contributed by atoms with Gasteiger partial charge < -0.3 is 10.3 Å². The fourth-order valence-electron chi connectivity index (χ4n) is 2.87. The molecule has 0 aliphatic rings. The monoisotopic (exact) mass is 373 g/mol. The molecular weight excluding hydrogens is 350 g/mol. The molecular formula is C18H23N5O2S. The van der Waals surface area contributed by atoms with Gasteiger partial charge in [0.2, 0.25) is 5.91 Å². The molecule has 26 heavy (non-hydrogen) atoms. The van der Waals surface area contributed by atoms with E-state index in [-0.39, 0.29) is 11.5 Å². The van der Waals surface area contributed by atoms with E-state index in [9.17, 15) is 9.59 Å². The van der Waals surface area contributed by atoms with E-state index in [1.54, 1.807) is 0 Å². The van der Waals surface area contributed by atoms with E-state index in [1.165, 1.54) is 16.9 Å². The fourth-order valence-corrected chi connectivity index (χ4v) is 3.92. The number of hydrogen-bond acceptors (Lipinski definition) is 5. The molecule has 0 aliphatic carbocycles. The number of nitrogens with zero attached hydrogens (tertiary/aromatic N) is 2. The van der Waals surface area contributed by atoms with Crippen molar-refractivity contribution in [3.05, 3.63) is 44.1 Å². The molecule has 0 aliphatic heterocycles. The van der Waals surface area contributed by atoms with Gasteiger partial charge in [0.25, 0.3) is 5.56 Å². The SMILES string of the molecule is Cc1[nH]ncc1CCCNC(=O)CCc1nc2sc(C)c(C)c2c(=O)[nH]1. The van der Waals surface area contributed by atoms with Crippen molar-refractivity contribution in [1.29, 1.82) is 0 Å². The number of aromatic nitrogens is 4. The van der Waals surface area contributed by atoms with Crippen LogP contribution in [-0.2, 0) is 17.6 Å². The van der Waals surface area contributed by atoms with Crippen molar-refractivity contribution in [2.45, 2.75) is 46.5 Å². The molecule has 3 heterocycles. The third-order valence-corrected chi connectivity index (χ3v) is 5.66. The predicted octanol–water partition coefficient (Wildman–Crippen LogP) is 2.31. The number of nitrogens with one attached hydrogen (secondary N) is 3.